The SMILES string of the molecule is O=C(Nc1ccc2c(c1)CCC2)c1ccc(Cl)s1. The molecule has 2 aromatic rings. The summed E-state index contributed by atoms with van der Waals surface area (Å²) >= 11 is 7.12. The second-order valence-corrected chi connectivity index (χ2v) is 6.11. The van der Waals surface area contributed by atoms with Gasteiger partial charge >= 0.3 is 0 Å². The number of carbonyl (C=O) groups excluding carboxylic acids is 1. The number of thiophene rings is 1. The van der Waals surface area contributed by atoms with Gasteiger partial charge in [-0.05, 0) is 54.7 Å². The molecule has 0 saturated heterocycles. The number of halogens is 1. The highest BCUT2D eigenvalue weighted by Crippen LogP contribution is 2.26. The van der Waals surface area contributed by atoms with Gasteiger partial charge in [0.2, 0.25) is 0 Å². The van der Waals surface area contributed by atoms with E-state index in [1.807, 2.05) is 6.07 Å². The lowest BCUT2D eigenvalue weighted by molar-refractivity contribution is 0.103. The molecular weight excluding hydrogens is 266 g/mol. The monoisotopic (exact) mass is 277 g/mol. The van der Waals surface area contributed by atoms with Crippen LogP contribution in [0.4, 0.5) is 5.69 Å². The van der Waals surface area contributed by atoms with E-state index < -0.39 is 0 Å². The highest BCUT2D eigenvalue weighted by Gasteiger charge is 2.13. The van der Waals surface area contributed by atoms with Gasteiger partial charge in [0.15, 0.2) is 0 Å². The zero-order valence-corrected chi connectivity index (χ0v) is 11.3. The summed E-state index contributed by atoms with van der Waals surface area (Å²) in [6, 6.07) is 9.64. The molecule has 1 amide bonds. The minimum atomic E-state index is -0.0927. The van der Waals surface area contributed by atoms with Crippen LogP contribution in [-0.2, 0) is 12.8 Å². The molecule has 0 saturated carbocycles. The number of carbonyl (C=O) groups is 1. The summed E-state index contributed by atoms with van der Waals surface area (Å²) in [4.78, 5) is 12.6. The molecule has 1 heterocycles. The van der Waals surface area contributed by atoms with Gasteiger partial charge in [0.1, 0.15) is 0 Å². The van der Waals surface area contributed by atoms with E-state index in [4.69, 9.17) is 11.6 Å². The number of nitrogens with one attached hydrogen (secondary N) is 1. The Bertz CT molecular complexity index is 606. The summed E-state index contributed by atoms with van der Waals surface area (Å²) in [5.41, 5.74) is 3.63. The van der Waals surface area contributed by atoms with Crippen molar-refractivity contribution in [1.29, 1.82) is 0 Å². The van der Waals surface area contributed by atoms with Crippen molar-refractivity contribution in [3.8, 4) is 0 Å². The first-order chi connectivity index (χ1) is 8.72. The number of anilines is 1. The molecule has 2 nitrogen and oxygen atoms in total. The van der Waals surface area contributed by atoms with Crippen molar-refractivity contribution >= 4 is 34.5 Å². The van der Waals surface area contributed by atoms with Gasteiger partial charge in [0.25, 0.3) is 5.91 Å². The standard InChI is InChI=1S/C14H12ClNOS/c15-13-7-6-12(18-13)14(17)16-11-5-4-9-2-1-3-10(9)8-11/h4-8H,1-3H2,(H,16,17). The van der Waals surface area contributed by atoms with Gasteiger partial charge in [-0.2, -0.15) is 0 Å². The third kappa shape index (κ3) is 2.28. The molecule has 0 spiro atoms. The Labute approximate surface area is 115 Å². The topological polar surface area (TPSA) is 29.1 Å². The second kappa shape index (κ2) is 4.75. The predicted octanol–water partition coefficient (Wildman–Crippen LogP) is 4.14. The van der Waals surface area contributed by atoms with Crippen LogP contribution in [-0.4, -0.2) is 5.91 Å². The number of amides is 1. The average Bonchev–Trinajstić information content (AvgIpc) is 2.96. The number of hydrogen-bond acceptors (Lipinski definition) is 2. The molecule has 1 aromatic carbocycles. The van der Waals surface area contributed by atoms with E-state index in [-0.39, 0.29) is 5.91 Å². The Hall–Kier alpha value is -1.32. The zero-order chi connectivity index (χ0) is 12.5. The maximum Gasteiger partial charge on any atom is 0.265 e. The lowest BCUT2D eigenvalue weighted by atomic mass is 10.1. The Morgan fingerprint density at radius 2 is 2.00 bits per heavy atom. The van der Waals surface area contributed by atoms with E-state index in [1.165, 1.54) is 28.9 Å². The van der Waals surface area contributed by atoms with Crippen molar-refractivity contribution in [3.05, 3.63) is 50.7 Å². The first-order valence-electron chi connectivity index (χ1n) is 5.91. The maximum absolute atomic E-state index is 12.0. The number of rotatable bonds is 2. The second-order valence-electron chi connectivity index (χ2n) is 4.39. The van der Waals surface area contributed by atoms with Crippen molar-refractivity contribution in [2.24, 2.45) is 0 Å². The Balaban J connectivity index is 1.78. The van der Waals surface area contributed by atoms with Crippen LogP contribution in [0, 0.1) is 0 Å². The summed E-state index contributed by atoms with van der Waals surface area (Å²) in [5, 5.41) is 2.91. The van der Waals surface area contributed by atoms with Crippen molar-refractivity contribution in [2.75, 3.05) is 5.32 Å². The third-order valence-corrected chi connectivity index (χ3v) is 4.38. The number of fused-ring (bicyclic) bond motifs is 1. The van der Waals surface area contributed by atoms with E-state index in [0.29, 0.717) is 9.21 Å². The molecule has 0 radical (unpaired) electrons. The fraction of sp³-hybridized carbons (Fsp3) is 0.214. The summed E-state index contributed by atoms with van der Waals surface area (Å²) in [7, 11) is 0. The fourth-order valence-corrected chi connectivity index (χ4v) is 3.22. The largest absolute Gasteiger partial charge is 0.321 e. The molecule has 0 aliphatic heterocycles. The quantitative estimate of drug-likeness (QED) is 0.878. The zero-order valence-electron chi connectivity index (χ0n) is 9.70. The van der Waals surface area contributed by atoms with Gasteiger partial charge in [-0.3, -0.25) is 4.79 Å². The molecule has 1 aliphatic rings. The summed E-state index contributed by atoms with van der Waals surface area (Å²) in [6.07, 6.45) is 3.49. The van der Waals surface area contributed by atoms with E-state index in [9.17, 15) is 4.79 Å². The van der Waals surface area contributed by atoms with E-state index in [0.717, 1.165) is 18.5 Å². The van der Waals surface area contributed by atoms with Crippen LogP contribution in [0.5, 0.6) is 0 Å². The van der Waals surface area contributed by atoms with Gasteiger partial charge in [-0.25, -0.2) is 0 Å². The van der Waals surface area contributed by atoms with E-state index in [1.54, 1.807) is 12.1 Å². The molecular formula is C14H12ClNOS. The number of benzene rings is 1. The van der Waals surface area contributed by atoms with Crippen molar-refractivity contribution < 1.29 is 4.79 Å². The lowest BCUT2D eigenvalue weighted by Gasteiger charge is -2.06. The van der Waals surface area contributed by atoms with Crippen LogP contribution in [0.15, 0.2) is 30.3 Å². The van der Waals surface area contributed by atoms with Gasteiger partial charge in [0.05, 0.1) is 9.21 Å². The smallest absolute Gasteiger partial charge is 0.265 e. The normalized spacial score (nSPS) is 13.4. The minimum absolute atomic E-state index is 0.0927. The van der Waals surface area contributed by atoms with Crippen LogP contribution < -0.4 is 5.32 Å². The third-order valence-electron chi connectivity index (χ3n) is 3.15. The summed E-state index contributed by atoms with van der Waals surface area (Å²) in [5.74, 6) is -0.0927. The highest BCUT2D eigenvalue weighted by atomic mass is 35.5. The van der Waals surface area contributed by atoms with Crippen LogP contribution in [0.2, 0.25) is 4.34 Å². The van der Waals surface area contributed by atoms with Gasteiger partial charge in [-0.15, -0.1) is 11.3 Å². The van der Waals surface area contributed by atoms with Crippen LogP contribution in [0.25, 0.3) is 0 Å². The predicted molar refractivity (Wildman–Crippen MR) is 75.7 cm³/mol. The van der Waals surface area contributed by atoms with E-state index in [2.05, 4.69) is 17.4 Å². The Kier molecular flexibility index (Phi) is 3.10. The van der Waals surface area contributed by atoms with Gasteiger partial charge < -0.3 is 5.32 Å². The molecule has 0 unspecified atom stereocenters. The van der Waals surface area contributed by atoms with Crippen molar-refractivity contribution in [3.63, 3.8) is 0 Å². The first kappa shape index (κ1) is 11.8. The molecule has 92 valence electrons. The molecule has 0 fully saturated rings. The molecule has 0 bridgehead atoms. The van der Waals surface area contributed by atoms with Gasteiger partial charge in [-0.1, -0.05) is 17.7 Å². The first-order valence-corrected chi connectivity index (χ1v) is 7.10. The Morgan fingerprint density at radius 3 is 2.78 bits per heavy atom. The number of hydrogen-bond donors (Lipinski definition) is 1. The fourth-order valence-electron chi connectivity index (χ4n) is 2.28. The molecule has 4 heteroatoms. The van der Waals surface area contributed by atoms with Gasteiger partial charge in [0, 0.05) is 5.69 Å². The summed E-state index contributed by atoms with van der Waals surface area (Å²) < 4.78 is 0.633. The number of aryl methyl sites for hydroxylation is 2. The highest BCUT2D eigenvalue weighted by molar-refractivity contribution is 7.18. The van der Waals surface area contributed by atoms with Crippen LogP contribution >= 0.6 is 22.9 Å². The van der Waals surface area contributed by atoms with Crippen LogP contribution in [0.1, 0.15) is 27.2 Å². The minimum Gasteiger partial charge on any atom is -0.321 e. The molecule has 1 aromatic heterocycles. The van der Waals surface area contributed by atoms with E-state index >= 15 is 0 Å². The molecule has 3 rings (SSSR count). The molecule has 1 aliphatic carbocycles. The molecule has 0 atom stereocenters. The summed E-state index contributed by atoms with van der Waals surface area (Å²) in [6.45, 7) is 0. The van der Waals surface area contributed by atoms with Crippen LogP contribution in [0.3, 0.4) is 0 Å². The lowest BCUT2D eigenvalue weighted by Crippen LogP contribution is -2.10. The van der Waals surface area contributed by atoms with Crippen molar-refractivity contribution in [1.82, 2.24) is 0 Å². The maximum atomic E-state index is 12.0. The van der Waals surface area contributed by atoms with Crippen molar-refractivity contribution in [2.45, 2.75) is 19.3 Å². The molecule has 1 N–H and O–H groups in total. The Morgan fingerprint density at radius 1 is 1.17 bits per heavy atom. The molecule has 18 heavy (non-hydrogen) atoms. The average molecular weight is 278 g/mol.